The molecule has 0 aliphatic heterocycles. The van der Waals surface area contributed by atoms with E-state index in [-0.39, 0.29) is 6.10 Å². The maximum atomic E-state index is 10.9. The highest BCUT2D eigenvalue weighted by atomic mass is 35.5. The fourth-order valence-corrected chi connectivity index (χ4v) is 3.71. The molecule has 0 radical (unpaired) electrons. The molecule has 0 bridgehead atoms. The number of hydrogen-bond acceptors (Lipinski definition) is 6. The van der Waals surface area contributed by atoms with Gasteiger partial charge in [0.25, 0.3) is 0 Å². The number of rotatable bonds is 4. The van der Waals surface area contributed by atoms with E-state index >= 15 is 0 Å². The lowest BCUT2D eigenvalue weighted by atomic mass is 9.81. The summed E-state index contributed by atoms with van der Waals surface area (Å²) >= 11 is 6.05. The van der Waals surface area contributed by atoms with Crippen molar-refractivity contribution in [2.45, 2.75) is 51.2 Å². The number of aromatic nitrogens is 4. The zero-order valence-electron chi connectivity index (χ0n) is 16.4. The van der Waals surface area contributed by atoms with Gasteiger partial charge in [-0.2, -0.15) is 0 Å². The van der Waals surface area contributed by atoms with Gasteiger partial charge in [0, 0.05) is 12.4 Å². The first-order valence-electron chi connectivity index (χ1n) is 9.65. The van der Waals surface area contributed by atoms with Crippen LogP contribution in [0.3, 0.4) is 0 Å². The van der Waals surface area contributed by atoms with Gasteiger partial charge in [-0.3, -0.25) is 4.57 Å². The Hall–Kier alpha value is -2.48. The Bertz CT molecular complexity index is 1030. The molecule has 1 fully saturated rings. The number of nitrogens with one attached hydrogen (secondary N) is 1. The van der Waals surface area contributed by atoms with Gasteiger partial charge < -0.3 is 15.5 Å². The predicted molar refractivity (Wildman–Crippen MR) is 112 cm³/mol. The standard InChI is InChI=1S/C21H24ClN5O2/c1-13-7-19(25-18-9-14(2)16(22)10-23-18)26-20(8-13)27-11-17(24-12-27)21(29)5-3-15(28)4-6-21/h7-12,15,28-29H,3-6H2,1-2H3,(H,23,25,26)/t15-,21-. The predicted octanol–water partition coefficient (Wildman–Crippen LogP) is 3.80. The van der Waals surface area contributed by atoms with E-state index in [0.717, 1.165) is 11.1 Å². The number of hydrogen-bond donors (Lipinski definition) is 3. The third-order valence-electron chi connectivity index (χ3n) is 5.37. The monoisotopic (exact) mass is 413 g/mol. The molecular formula is C21H24ClN5O2. The summed E-state index contributed by atoms with van der Waals surface area (Å²) in [4.78, 5) is 13.4. The summed E-state index contributed by atoms with van der Waals surface area (Å²) in [6, 6.07) is 5.75. The molecule has 8 heteroatoms. The van der Waals surface area contributed by atoms with Gasteiger partial charge in [0.2, 0.25) is 0 Å². The number of halogens is 1. The van der Waals surface area contributed by atoms with E-state index < -0.39 is 5.60 Å². The van der Waals surface area contributed by atoms with Gasteiger partial charge in [0.05, 0.1) is 16.8 Å². The number of nitrogens with zero attached hydrogens (tertiary/aromatic N) is 4. The average molecular weight is 414 g/mol. The minimum Gasteiger partial charge on any atom is -0.393 e. The van der Waals surface area contributed by atoms with Crippen molar-refractivity contribution in [3.8, 4) is 5.82 Å². The molecule has 1 saturated carbocycles. The number of pyridine rings is 2. The summed E-state index contributed by atoms with van der Waals surface area (Å²) in [5.41, 5.74) is 1.57. The lowest BCUT2D eigenvalue weighted by Crippen LogP contribution is -2.33. The molecule has 3 heterocycles. The fraction of sp³-hybridized carbons (Fsp3) is 0.381. The normalized spacial score (nSPS) is 21.9. The first-order valence-corrected chi connectivity index (χ1v) is 10.0. The quantitative estimate of drug-likeness (QED) is 0.602. The zero-order chi connectivity index (χ0) is 20.6. The highest BCUT2D eigenvalue weighted by molar-refractivity contribution is 6.31. The molecule has 4 rings (SSSR count). The van der Waals surface area contributed by atoms with E-state index in [1.807, 2.05) is 38.2 Å². The van der Waals surface area contributed by atoms with Crippen molar-refractivity contribution in [3.05, 3.63) is 58.8 Å². The first-order chi connectivity index (χ1) is 13.8. The molecule has 7 nitrogen and oxygen atoms in total. The van der Waals surface area contributed by atoms with Crippen LogP contribution in [-0.4, -0.2) is 35.8 Å². The average Bonchev–Trinajstić information content (AvgIpc) is 3.18. The maximum Gasteiger partial charge on any atom is 0.140 e. The number of aliphatic hydroxyl groups excluding tert-OH is 1. The Morgan fingerprint density at radius 3 is 2.62 bits per heavy atom. The summed E-state index contributed by atoms with van der Waals surface area (Å²) in [6.45, 7) is 3.91. The van der Waals surface area contributed by atoms with Gasteiger partial charge in [-0.05, 0) is 68.9 Å². The minimum atomic E-state index is -1.000. The Morgan fingerprint density at radius 2 is 1.90 bits per heavy atom. The van der Waals surface area contributed by atoms with Crippen LogP contribution < -0.4 is 5.32 Å². The van der Waals surface area contributed by atoms with Crippen molar-refractivity contribution in [2.24, 2.45) is 0 Å². The summed E-state index contributed by atoms with van der Waals surface area (Å²) < 4.78 is 1.80. The smallest absolute Gasteiger partial charge is 0.140 e. The second kappa shape index (κ2) is 7.74. The second-order valence-corrected chi connectivity index (χ2v) is 8.17. The van der Waals surface area contributed by atoms with Gasteiger partial charge in [-0.25, -0.2) is 15.0 Å². The Balaban J connectivity index is 1.59. The van der Waals surface area contributed by atoms with Crippen LogP contribution in [0, 0.1) is 13.8 Å². The van der Waals surface area contributed by atoms with E-state index in [1.54, 1.807) is 17.1 Å². The van der Waals surface area contributed by atoms with Crippen LogP contribution in [0.4, 0.5) is 11.6 Å². The van der Waals surface area contributed by atoms with E-state index in [2.05, 4.69) is 20.3 Å². The van der Waals surface area contributed by atoms with Crippen LogP contribution in [0.15, 0.2) is 36.9 Å². The topological polar surface area (TPSA) is 96.1 Å². The number of aliphatic hydroxyl groups is 2. The van der Waals surface area contributed by atoms with Crippen molar-refractivity contribution in [3.63, 3.8) is 0 Å². The van der Waals surface area contributed by atoms with E-state index in [0.29, 0.717) is 53.9 Å². The molecular weight excluding hydrogens is 390 g/mol. The Kier molecular flexibility index (Phi) is 5.29. The SMILES string of the molecule is Cc1cc(Nc2cc(C)c(Cl)cn2)nc(-n2cnc([C@]3(O)CC[C@H](O)CC3)c2)c1. The number of anilines is 2. The van der Waals surface area contributed by atoms with Crippen molar-refractivity contribution < 1.29 is 10.2 Å². The molecule has 0 spiro atoms. The highest BCUT2D eigenvalue weighted by Crippen LogP contribution is 2.36. The largest absolute Gasteiger partial charge is 0.393 e. The molecule has 29 heavy (non-hydrogen) atoms. The van der Waals surface area contributed by atoms with Crippen LogP contribution in [0.25, 0.3) is 5.82 Å². The molecule has 152 valence electrons. The van der Waals surface area contributed by atoms with Gasteiger partial charge >= 0.3 is 0 Å². The van der Waals surface area contributed by atoms with Crippen LogP contribution in [-0.2, 0) is 5.60 Å². The summed E-state index contributed by atoms with van der Waals surface area (Å²) in [5.74, 6) is 2.01. The third kappa shape index (κ3) is 4.27. The van der Waals surface area contributed by atoms with E-state index in [4.69, 9.17) is 11.6 Å². The van der Waals surface area contributed by atoms with Crippen LogP contribution in [0.2, 0.25) is 5.02 Å². The molecule has 3 N–H and O–H groups in total. The number of imidazole rings is 1. The lowest BCUT2D eigenvalue weighted by molar-refractivity contribution is -0.0389. The molecule has 0 unspecified atom stereocenters. The van der Waals surface area contributed by atoms with Crippen LogP contribution in [0.1, 0.15) is 42.5 Å². The third-order valence-corrected chi connectivity index (χ3v) is 5.76. The zero-order valence-corrected chi connectivity index (χ0v) is 17.2. The Morgan fingerprint density at radius 1 is 1.14 bits per heavy atom. The highest BCUT2D eigenvalue weighted by Gasteiger charge is 2.36. The summed E-state index contributed by atoms with van der Waals surface area (Å²) in [6.07, 6.45) is 6.90. The molecule has 3 aromatic rings. The van der Waals surface area contributed by atoms with Crippen LogP contribution >= 0.6 is 11.6 Å². The number of aryl methyl sites for hydroxylation is 2. The molecule has 1 aliphatic carbocycles. The summed E-state index contributed by atoms with van der Waals surface area (Å²) in [5, 5.41) is 24.5. The molecule has 1 aliphatic rings. The molecule has 0 aromatic carbocycles. The van der Waals surface area contributed by atoms with Crippen LogP contribution in [0.5, 0.6) is 0 Å². The van der Waals surface area contributed by atoms with Crippen molar-refractivity contribution in [1.29, 1.82) is 0 Å². The Labute approximate surface area is 174 Å². The van der Waals surface area contributed by atoms with E-state index in [1.165, 1.54) is 0 Å². The van der Waals surface area contributed by atoms with Gasteiger partial charge in [0.15, 0.2) is 0 Å². The maximum absolute atomic E-state index is 10.9. The van der Waals surface area contributed by atoms with Gasteiger partial charge in [0.1, 0.15) is 29.4 Å². The lowest BCUT2D eigenvalue weighted by Gasteiger charge is -2.32. The first kappa shape index (κ1) is 19.8. The van der Waals surface area contributed by atoms with Gasteiger partial charge in [-0.15, -0.1) is 0 Å². The molecule has 3 aromatic heterocycles. The molecule has 0 atom stereocenters. The molecule has 0 amide bonds. The molecule has 0 saturated heterocycles. The fourth-order valence-electron chi connectivity index (χ4n) is 3.61. The minimum absolute atomic E-state index is 0.338. The second-order valence-electron chi connectivity index (χ2n) is 7.76. The van der Waals surface area contributed by atoms with Gasteiger partial charge in [-0.1, -0.05) is 11.6 Å². The van der Waals surface area contributed by atoms with Crippen molar-refractivity contribution in [2.75, 3.05) is 5.32 Å². The van der Waals surface area contributed by atoms with Crippen molar-refractivity contribution in [1.82, 2.24) is 19.5 Å². The summed E-state index contributed by atoms with van der Waals surface area (Å²) in [7, 11) is 0. The van der Waals surface area contributed by atoms with E-state index in [9.17, 15) is 10.2 Å². The van der Waals surface area contributed by atoms with Crippen molar-refractivity contribution >= 4 is 23.2 Å².